The van der Waals surface area contributed by atoms with E-state index in [1.165, 1.54) is 11.3 Å². The number of nitrogens with one attached hydrogen (secondary N) is 3. The lowest BCUT2D eigenvalue weighted by molar-refractivity contribution is 0.103. The van der Waals surface area contributed by atoms with Gasteiger partial charge < -0.3 is 10.6 Å². The van der Waals surface area contributed by atoms with Crippen molar-refractivity contribution in [2.75, 3.05) is 16.0 Å². The van der Waals surface area contributed by atoms with Gasteiger partial charge in [-0.25, -0.2) is 14.8 Å². The summed E-state index contributed by atoms with van der Waals surface area (Å²) in [6.45, 7) is 0. The van der Waals surface area contributed by atoms with Gasteiger partial charge in [-0.3, -0.25) is 10.1 Å². The number of carbonyl (C=O) groups excluding carboxylic acids is 2. The van der Waals surface area contributed by atoms with Crippen LogP contribution in [0.25, 0.3) is 11.4 Å². The van der Waals surface area contributed by atoms with E-state index in [9.17, 15) is 9.59 Å². The molecule has 0 bridgehead atoms. The first-order valence-corrected chi connectivity index (χ1v) is 9.91. The Bertz CT molecular complexity index is 1150. The highest BCUT2D eigenvalue weighted by Gasteiger charge is 2.12. The predicted octanol–water partition coefficient (Wildman–Crippen LogP) is 5.10. The van der Waals surface area contributed by atoms with Gasteiger partial charge >= 0.3 is 6.03 Å². The Kier molecular flexibility index (Phi) is 5.77. The summed E-state index contributed by atoms with van der Waals surface area (Å²) < 4.78 is 0. The van der Waals surface area contributed by atoms with Gasteiger partial charge in [0, 0.05) is 11.3 Å². The molecule has 0 spiro atoms. The molecule has 8 heteroatoms. The molecule has 4 rings (SSSR count). The van der Waals surface area contributed by atoms with Gasteiger partial charge in [-0.05, 0) is 24.3 Å². The van der Waals surface area contributed by atoms with Crippen LogP contribution in [-0.2, 0) is 0 Å². The molecule has 4 aromatic rings. The summed E-state index contributed by atoms with van der Waals surface area (Å²) in [5.74, 6) is 0.285. The number of hydrogen-bond acceptors (Lipinski definition) is 5. The van der Waals surface area contributed by atoms with Crippen molar-refractivity contribution in [3.63, 3.8) is 0 Å². The Hall–Kier alpha value is -4.04. The third-order valence-corrected chi connectivity index (χ3v) is 5.04. The number of rotatable bonds is 5. The Morgan fingerprint density at radius 2 is 1.37 bits per heavy atom. The maximum atomic E-state index is 12.5. The molecule has 0 saturated heterocycles. The van der Waals surface area contributed by atoms with Crippen molar-refractivity contribution < 1.29 is 9.59 Å². The molecule has 0 radical (unpaired) electrons. The number of anilines is 3. The number of benzene rings is 2. The van der Waals surface area contributed by atoms with E-state index in [2.05, 4.69) is 25.9 Å². The Balaban J connectivity index is 1.35. The second-order valence-electron chi connectivity index (χ2n) is 6.22. The topological polar surface area (TPSA) is 96.0 Å². The quantitative estimate of drug-likeness (QED) is 0.422. The van der Waals surface area contributed by atoms with E-state index in [0.29, 0.717) is 27.1 Å². The van der Waals surface area contributed by atoms with E-state index in [1.54, 1.807) is 36.7 Å². The Morgan fingerprint density at radius 3 is 2.07 bits per heavy atom. The molecule has 0 atom stereocenters. The zero-order valence-corrected chi connectivity index (χ0v) is 16.5. The molecule has 3 amide bonds. The van der Waals surface area contributed by atoms with Gasteiger partial charge in [0.25, 0.3) is 5.91 Å². The summed E-state index contributed by atoms with van der Waals surface area (Å²) in [5.41, 5.74) is 2.08. The number of aromatic nitrogens is 2. The van der Waals surface area contributed by atoms with E-state index in [1.807, 2.05) is 48.5 Å². The normalized spacial score (nSPS) is 10.3. The zero-order chi connectivity index (χ0) is 20.8. The monoisotopic (exact) mass is 415 g/mol. The minimum absolute atomic E-state index is 0.299. The van der Waals surface area contributed by atoms with E-state index in [0.717, 1.165) is 5.56 Å². The average Bonchev–Trinajstić information content (AvgIpc) is 3.24. The predicted molar refractivity (Wildman–Crippen MR) is 119 cm³/mol. The van der Waals surface area contributed by atoms with Crippen molar-refractivity contribution in [1.82, 2.24) is 9.97 Å². The van der Waals surface area contributed by atoms with E-state index in [4.69, 9.17) is 0 Å². The lowest BCUT2D eigenvalue weighted by atomic mass is 10.2. The molecule has 0 saturated carbocycles. The summed E-state index contributed by atoms with van der Waals surface area (Å²) in [7, 11) is 0. The lowest BCUT2D eigenvalue weighted by Crippen LogP contribution is -2.18. The molecule has 148 valence electrons. The fourth-order valence-corrected chi connectivity index (χ4v) is 3.44. The van der Waals surface area contributed by atoms with Crippen LogP contribution in [-0.4, -0.2) is 21.9 Å². The van der Waals surface area contributed by atoms with E-state index in [-0.39, 0.29) is 11.9 Å². The van der Waals surface area contributed by atoms with Crippen molar-refractivity contribution in [1.29, 1.82) is 0 Å². The summed E-state index contributed by atoms with van der Waals surface area (Å²) >= 11 is 1.17. The molecule has 2 heterocycles. The number of nitrogens with zero attached hydrogens (tertiary/aromatic N) is 2. The summed E-state index contributed by atoms with van der Waals surface area (Å²) in [4.78, 5) is 33.6. The van der Waals surface area contributed by atoms with Crippen LogP contribution in [0, 0.1) is 0 Å². The van der Waals surface area contributed by atoms with Gasteiger partial charge in [0.15, 0.2) is 5.82 Å². The molecule has 30 heavy (non-hydrogen) atoms. The molecule has 3 N–H and O–H groups in total. The van der Waals surface area contributed by atoms with Crippen molar-refractivity contribution in [3.05, 3.63) is 90.1 Å². The van der Waals surface area contributed by atoms with Gasteiger partial charge in [-0.2, -0.15) is 0 Å². The minimum atomic E-state index is -0.375. The number of carbonyl (C=O) groups is 2. The largest absolute Gasteiger partial charge is 0.324 e. The van der Waals surface area contributed by atoms with Crippen molar-refractivity contribution in [2.45, 2.75) is 0 Å². The third kappa shape index (κ3) is 4.86. The van der Waals surface area contributed by atoms with Crippen molar-refractivity contribution in [3.8, 4) is 11.4 Å². The van der Waals surface area contributed by atoms with E-state index < -0.39 is 0 Å². The fourth-order valence-electron chi connectivity index (χ4n) is 2.64. The number of amides is 3. The molecule has 2 aromatic carbocycles. The van der Waals surface area contributed by atoms with Crippen LogP contribution in [0.1, 0.15) is 9.67 Å². The molecule has 7 nitrogen and oxygen atoms in total. The highest BCUT2D eigenvalue weighted by atomic mass is 32.1. The molecular weight excluding hydrogens is 398 g/mol. The van der Waals surface area contributed by atoms with Crippen LogP contribution in [0.3, 0.4) is 0 Å². The number of hydrogen-bond donors (Lipinski definition) is 3. The Morgan fingerprint density at radius 1 is 0.700 bits per heavy atom. The smallest absolute Gasteiger partial charge is 0.319 e. The number of para-hydroxylation sites is 1. The van der Waals surface area contributed by atoms with Crippen LogP contribution in [0.2, 0.25) is 0 Å². The third-order valence-electron chi connectivity index (χ3n) is 4.04. The van der Waals surface area contributed by atoms with Gasteiger partial charge in [-0.15, -0.1) is 11.3 Å². The van der Waals surface area contributed by atoms with Gasteiger partial charge in [0.05, 0.1) is 28.0 Å². The summed E-state index contributed by atoms with van der Waals surface area (Å²) in [5, 5.41) is 8.77. The van der Waals surface area contributed by atoms with Crippen LogP contribution in [0.15, 0.2) is 85.2 Å². The standard InChI is InChI=1S/C22H17N5O2S/c28-21(25-17-13-23-20(24-14-17)15-7-3-1-4-8-15)18-11-12-19(30-18)27-22(29)26-16-9-5-2-6-10-16/h1-14H,(H,25,28)(H2,26,27,29). The summed E-state index contributed by atoms with van der Waals surface area (Å²) in [6.07, 6.45) is 3.13. The number of urea groups is 1. The lowest BCUT2D eigenvalue weighted by Gasteiger charge is -2.05. The first kappa shape index (κ1) is 19.3. The highest BCUT2D eigenvalue weighted by Crippen LogP contribution is 2.23. The first-order valence-electron chi connectivity index (χ1n) is 9.09. The van der Waals surface area contributed by atoms with Crippen LogP contribution in [0.5, 0.6) is 0 Å². The highest BCUT2D eigenvalue weighted by molar-refractivity contribution is 7.18. The van der Waals surface area contributed by atoms with Crippen LogP contribution in [0.4, 0.5) is 21.2 Å². The molecular formula is C22H17N5O2S. The molecule has 0 aliphatic rings. The van der Waals surface area contributed by atoms with E-state index >= 15 is 0 Å². The van der Waals surface area contributed by atoms with Crippen molar-refractivity contribution >= 4 is 39.7 Å². The van der Waals surface area contributed by atoms with Gasteiger partial charge in [0.2, 0.25) is 0 Å². The average molecular weight is 415 g/mol. The minimum Gasteiger partial charge on any atom is -0.319 e. The van der Waals surface area contributed by atoms with Gasteiger partial charge in [0.1, 0.15) is 0 Å². The molecule has 0 aliphatic carbocycles. The maximum absolute atomic E-state index is 12.5. The second-order valence-corrected chi connectivity index (χ2v) is 7.31. The zero-order valence-electron chi connectivity index (χ0n) is 15.7. The molecule has 0 fully saturated rings. The summed E-state index contributed by atoms with van der Waals surface area (Å²) in [6, 6.07) is 21.7. The molecule has 0 aliphatic heterocycles. The first-order chi connectivity index (χ1) is 14.7. The molecule has 0 unspecified atom stereocenters. The maximum Gasteiger partial charge on any atom is 0.324 e. The van der Waals surface area contributed by atoms with Crippen LogP contribution >= 0.6 is 11.3 Å². The fraction of sp³-hybridized carbons (Fsp3) is 0. The second kappa shape index (κ2) is 8.97. The molecule has 2 aromatic heterocycles. The number of thiophene rings is 1. The van der Waals surface area contributed by atoms with Gasteiger partial charge in [-0.1, -0.05) is 48.5 Å². The SMILES string of the molecule is O=C(Nc1ccccc1)Nc1ccc(C(=O)Nc2cnc(-c3ccccc3)nc2)s1. The Labute approximate surface area is 176 Å². The van der Waals surface area contributed by atoms with Crippen LogP contribution < -0.4 is 16.0 Å². The van der Waals surface area contributed by atoms with Crippen molar-refractivity contribution in [2.24, 2.45) is 0 Å².